The maximum absolute atomic E-state index is 2.60. The molecule has 1 nitrogen and oxygen atoms in total. The van der Waals surface area contributed by atoms with Crippen LogP contribution in [0.5, 0.6) is 0 Å². The Morgan fingerprint density at radius 2 is 1.94 bits per heavy atom. The van der Waals surface area contributed by atoms with E-state index in [1.807, 2.05) is 0 Å². The normalized spacial score (nSPS) is 41.1. The van der Waals surface area contributed by atoms with Gasteiger partial charge in [-0.15, -0.1) is 0 Å². The van der Waals surface area contributed by atoms with Crippen molar-refractivity contribution in [3.8, 4) is 0 Å². The van der Waals surface area contributed by atoms with Gasteiger partial charge in [0.25, 0.3) is 0 Å². The highest BCUT2D eigenvalue weighted by molar-refractivity contribution is 5.40. The maximum atomic E-state index is 2.60. The summed E-state index contributed by atoms with van der Waals surface area (Å²) >= 11 is 0. The molecule has 0 amide bonds. The van der Waals surface area contributed by atoms with E-state index in [0.29, 0.717) is 11.5 Å². The van der Waals surface area contributed by atoms with Crippen LogP contribution < -0.4 is 0 Å². The smallest absolute Gasteiger partial charge is 0.0170 e. The Morgan fingerprint density at radius 3 is 2.71 bits per heavy atom. The number of likely N-dealkylation sites (tertiary alicyclic amines) is 1. The van der Waals surface area contributed by atoms with Crippen LogP contribution in [0, 0.1) is 5.92 Å². The summed E-state index contributed by atoms with van der Waals surface area (Å²) in [5.74, 6) is 0.763. The van der Waals surface area contributed by atoms with Crippen molar-refractivity contribution in [2.45, 2.75) is 51.1 Å². The summed E-state index contributed by atoms with van der Waals surface area (Å²) in [6, 6.07) is 10.5. The van der Waals surface area contributed by atoms with Crippen molar-refractivity contribution in [2.24, 2.45) is 5.92 Å². The minimum atomic E-state index is 0.380. The van der Waals surface area contributed by atoms with Gasteiger partial charge in [-0.25, -0.2) is 0 Å². The molecule has 1 aliphatic carbocycles. The van der Waals surface area contributed by atoms with Gasteiger partial charge in [0.15, 0.2) is 0 Å². The van der Waals surface area contributed by atoms with Crippen LogP contribution in [0.2, 0.25) is 0 Å². The molecular weight excluding hydrogens is 206 g/mol. The highest BCUT2D eigenvalue weighted by atomic mass is 15.2. The zero-order valence-electron chi connectivity index (χ0n) is 11.4. The Kier molecular flexibility index (Phi) is 2.38. The predicted octanol–water partition coefficient (Wildman–Crippen LogP) is 3.23. The van der Waals surface area contributed by atoms with E-state index in [2.05, 4.69) is 57.0 Å². The molecule has 4 atom stereocenters. The molecule has 1 aromatic rings. The number of fused-ring (bicyclic) bond motifs is 4. The summed E-state index contributed by atoms with van der Waals surface area (Å²) in [6.45, 7) is 7.31. The average molecular weight is 229 g/mol. The van der Waals surface area contributed by atoms with E-state index in [0.717, 1.165) is 12.0 Å². The highest BCUT2D eigenvalue weighted by Crippen LogP contribution is 2.49. The number of likely N-dealkylation sites (N-methyl/N-ethyl adjacent to an activating group) is 1. The van der Waals surface area contributed by atoms with Crippen LogP contribution in [0.4, 0.5) is 0 Å². The van der Waals surface area contributed by atoms with Gasteiger partial charge in [-0.2, -0.15) is 0 Å². The van der Waals surface area contributed by atoms with Gasteiger partial charge in [0.2, 0.25) is 0 Å². The van der Waals surface area contributed by atoms with Gasteiger partial charge in [0, 0.05) is 12.1 Å². The molecule has 92 valence electrons. The van der Waals surface area contributed by atoms with Crippen LogP contribution in [-0.2, 0) is 11.8 Å². The minimum absolute atomic E-state index is 0.380. The summed E-state index contributed by atoms with van der Waals surface area (Å²) in [4.78, 5) is 2.60. The van der Waals surface area contributed by atoms with Crippen molar-refractivity contribution in [2.75, 3.05) is 7.05 Å². The van der Waals surface area contributed by atoms with Gasteiger partial charge < -0.3 is 4.90 Å². The lowest BCUT2D eigenvalue weighted by atomic mass is 9.58. The molecule has 4 unspecified atom stereocenters. The second kappa shape index (κ2) is 3.58. The number of hydrogen-bond donors (Lipinski definition) is 0. The fraction of sp³-hybridized carbons (Fsp3) is 0.625. The van der Waals surface area contributed by atoms with E-state index in [1.165, 1.54) is 12.8 Å². The molecule has 0 saturated carbocycles. The molecule has 1 heterocycles. The number of nitrogens with zero attached hydrogens (tertiary/aromatic N) is 1. The molecule has 2 aliphatic rings. The fourth-order valence-electron chi connectivity index (χ4n) is 4.20. The first-order valence-corrected chi connectivity index (χ1v) is 6.84. The van der Waals surface area contributed by atoms with E-state index in [1.54, 1.807) is 11.1 Å². The summed E-state index contributed by atoms with van der Waals surface area (Å²) in [5, 5.41) is 0. The molecule has 1 aliphatic heterocycles. The van der Waals surface area contributed by atoms with Crippen LogP contribution in [0.1, 0.15) is 38.3 Å². The largest absolute Gasteiger partial charge is 0.300 e. The Hall–Kier alpha value is -0.820. The van der Waals surface area contributed by atoms with Gasteiger partial charge >= 0.3 is 0 Å². The minimum Gasteiger partial charge on any atom is -0.300 e. The van der Waals surface area contributed by atoms with Crippen molar-refractivity contribution in [1.29, 1.82) is 0 Å². The van der Waals surface area contributed by atoms with Gasteiger partial charge in [0.1, 0.15) is 0 Å². The van der Waals surface area contributed by atoms with Crippen LogP contribution in [0.15, 0.2) is 24.3 Å². The van der Waals surface area contributed by atoms with Gasteiger partial charge in [-0.05, 0) is 49.3 Å². The second-order valence-electron chi connectivity index (χ2n) is 6.35. The Labute approximate surface area is 105 Å². The molecule has 0 N–H and O–H groups in total. The second-order valence-corrected chi connectivity index (χ2v) is 6.35. The third-order valence-corrected chi connectivity index (χ3v) is 5.58. The summed E-state index contributed by atoms with van der Waals surface area (Å²) in [6.07, 6.45) is 2.52. The predicted molar refractivity (Wildman–Crippen MR) is 72.3 cm³/mol. The highest BCUT2D eigenvalue weighted by Gasteiger charge is 2.49. The summed E-state index contributed by atoms with van der Waals surface area (Å²) in [5.41, 5.74) is 3.58. The quantitative estimate of drug-likeness (QED) is 0.660. The molecule has 2 bridgehead atoms. The zero-order chi connectivity index (χ0) is 12.2. The lowest BCUT2D eigenvalue weighted by Crippen LogP contribution is -2.59. The lowest BCUT2D eigenvalue weighted by Gasteiger charge is -2.56. The molecule has 1 aromatic carbocycles. The third kappa shape index (κ3) is 1.41. The van der Waals surface area contributed by atoms with E-state index in [9.17, 15) is 0 Å². The number of piperidine rings is 1. The molecule has 1 fully saturated rings. The van der Waals surface area contributed by atoms with Crippen LogP contribution in [0.25, 0.3) is 0 Å². The van der Waals surface area contributed by atoms with Gasteiger partial charge in [0.05, 0.1) is 0 Å². The molecule has 0 radical (unpaired) electrons. The molecule has 3 rings (SSSR count). The van der Waals surface area contributed by atoms with Crippen molar-refractivity contribution in [3.63, 3.8) is 0 Å². The first kappa shape index (κ1) is 11.3. The molecule has 1 saturated heterocycles. The first-order chi connectivity index (χ1) is 8.04. The third-order valence-electron chi connectivity index (χ3n) is 5.58. The zero-order valence-corrected chi connectivity index (χ0v) is 11.4. The molecule has 0 aromatic heterocycles. The molecule has 17 heavy (non-hydrogen) atoms. The SMILES string of the molecule is CC1CC2(C)c3ccccc3CC(C2C)N1C. The molecule has 1 heteroatoms. The maximum Gasteiger partial charge on any atom is 0.0170 e. The number of benzene rings is 1. The van der Waals surface area contributed by atoms with Crippen molar-refractivity contribution in [3.05, 3.63) is 35.4 Å². The number of rotatable bonds is 0. The van der Waals surface area contributed by atoms with E-state index in [4.69, 9.17) is 0 Å². The van der Waals surface area contributed by atoms with Crippen molar-refractivity contribution >= 4 is 0 Å². The van der Waals surface area contributed by atoms with Crippen LogP contribution in [-0.4, -0.2) is 24.0 Å². The van der Waals surface area contributed by atoms with Gasteiger partial charge in [-0.1, -0.05) is 38.1 Å². The standard InChI is InChI=1S/C16H23N/c1-11-10-16(3)12(2)15(17(11)4)9-13-7-5-6-8-14(13)16/h5-8,11-12,15H,9-10H2,1-4H3. The van der Waals surface area contributed by atoms with Crippen molar-refractivity contribution < 1.29 is 0 Å². The van der Waals surface area contributed by atoms with E-state index in [-0.39, 0.29) is 0 Å². The van der Waals surface area contributed by atoms with Crippen molar-refractivity contribution in [1.82, 2.24) is 4.90 Å². The lowest BCUT2D eigenvalue weighted by molar-refractivity contribution is 0.0117. The average Bonchev–Trinajstić information content (AvgIpc) is 2.31. The van der Waals surface area contributed by atoms with Crippen LogP contribution in [0.3, 0.4) is 0 Å². The number of hydrogen-bond acceptors (Lipinski definition) is 1. The topological polar surface area (TPSA) is 3.24 Å². The fourth-order valence-corrected chi connectivity index (χ4v) is 4.20. The van der Waals surface area contributed by atoms with Gasteiger partial charge in [-0.3, -0.25) is 0 Å². The first-order valence-electron chi connectivity index (χ1n) is 6.84. The monoisotopic (exact) mass is 229 g/mol. The van der Waals surface area contributed by atoms with E-state index >= 15 is 0 Å². The van der Waals surface area contributed by atoms with Crippen LogP contribution >= 0.6 is 0 Å². The Morgan fingerprint density at radius 1 is 1.24 bits per heavy atom. The molecule has 0 spiro atoms. The van der Waals surface area contributed by atoms with E-state index < -0.39 is 0 Å². The Balaban J connectivity index is 2.15. The summed E-state index contributed by atoms with van der Waals surface area (Å²) < 4.78 is 0. The Bertz CT molecular complexity index is 439. The molecular formula is C16H23N. The summed E-state index contributed by atoms with van der Waals surface area (Å²) in [7, 11) is 2.30.